The molecule has 2 aromatic rings. The maximum absolute atomic E-state index is 4.33. The molecule has 20 heavy (non-hydrogen) atoms. The van der Waals surface area contributed by atoms with Crippen molar-refractivity contribution in [3.8, 4) is 0 Å². The molecule has 0 spiro atoms. The molecular weight excluding hydrogens is 264 g/mol. The molecule has 3 rings (SSSR count). The van der Waals surface area contributed by atoms with E-state index in [1.165, 1.54) is 29.8 Å². The third-order valence-corrected chi connectivity index (χ3v) is 4.04. The monoisotopic (exact) mass is 284 g/mol. The van der Waals surface area contributed by atoms with Crippen molar-refractivity contribution in [2.45, 2.75) is 24.7 Å². The minimum Gasteiger partial charge on any atom is -0.370 e. The van der Waals surface area contributed by atoms with Crippen molar-refractivity contribution in [2.75, 3.05) is 23.3 Å². The van der Waals surface area contributed by atoms with Gasteiger partial charge in [0.2, 0.25) is 0 Å². The van der Waals surface area contributed by atoms with E-state index in [9.17, 15) is 0 Å². The Morgan fingerprint density at radius 2 is 1.70 bits per heavy atom. The molecule has 1 heterocycles. The maximum atomic E-state index is 4.33. The Hall–Kier alpha value is -1.61. The van der Waals surface area contributed by atoms with Gasteiger partial charge in [0.15, 0.2) is 0 Å². The Balaban J connectivity index is 1.90. The number of benzene rings is 2. The van der Waals surface area contributed by atoms with Crippen LogP contribution in [0.1, 0.15) is 18.4 Å². The van der Waals surface area contributed by atoms with Crippen LogP contribution in [0.2, 0.25) is 0 Å². The Morgan fingerprint density at radius 1 is 1.00 bits per heavy atom. The second-order valence-corrected chi connectivity index (χ2v) is 5.90. The lowest BCUT2D eigenvalue weighted by Crippen LogP contribution is -2.19. The lowest BCUT2D eigenvalue weighted by Gasteiger charge is -2.22. The Morgan fingerprint density at radius 3 is 2.40 bits per heavy atom. The van der Waals surface area contributed by atoms with E-state index < -0.39 is 0 Å². The highest BCUT2D eigenvalue weighted by atomic mass is 32.1. The van der Waals surface area contributed by atoms with Gasteiger partial charge < -0.3 is 10.2 Å². The topological polar surface area (TPSA) is 15.3 Å². The molecule has 0 saturated carbocycles. The van der Waals surface area contributed by atoms with Crippen LogP contribution in [0.15, 0.2) is 47.4 Å². The van der Waals surface area contributed by atoms with Crippen molar-refractivity contribution in [1.29, 1.82) is 0 Å². The molecule has 1 aliphatic rings. The van der Waals surface area contributed by atoms with E-state index >= 15 is 0 Å². The first-order valence-electron chi connectivity index (χ1n) is 7.14. The summed E-state index contributed by atoms with van der Waals surface area (Å²) in [5.74, 6) is 0. The van der Waals surface area contributed by atoms with Crippen molar-refractivity contribution < 1.29 is 0 Å². The molecule has 2 aromatic carbocycles. The van der Waals surface area contributed by atoms with Crippen molar-refractivity contribution in [2.24, 2.45) is 0 Å². The fourth-order valence-corrected chi connectivity index (χ4v) is 2.82. The SMILES string of the molecule is Cc1ccc(Nc2ccc(S)cc2)c(N2CCCC2)c1. The van der Waals surface area contributed by atoms with Gasteiger partial charge in [0.1, 0.15) is 0 Å². The minimum absolute atomic E-state index is 0.985. The van der Waals surface area contributed by atoms with Crippen LogP contribution in [0, 0.1) is 6.92 Å². The van der Waals surface area contributed by atoms with Crippen molar-refractivity contribution in [1.82, 2.24) is 0 Å². The van der Waals surface area contributed by atoms with Crippen LogP contribution in [0.25, 0.3) is 0 Å². The van der Waals surface area contributed by atoms with Gasteiger partial charge >= 0.3 is 0 Å². The van der Waals surface area contributed by atoms with E-state index in [1.54, 1.807) is 0 Å². The Kier molecular flexibility index (Phi) is 3.88. The van der Waals surface area contributed by atoms with E-state index in [1.807, 2.05) is 12.1 Å². The first-order valence-corrected chi connectivity index (χ1v) is 7.59. The molecule has 2 nitrogen and oxygen atoms in total. The molecule has 0 bridgehead atoms. The van der Waals surface area contributed by atoms with Crippen LogP contribution in [0.4, 0.5) is 17.1 Å². The van der Waals surface area contributed by atoms with Gasteiger partial charge in [0, 0.05) is 23.7 Å². The van der Waals surface area contributed by atoms with Gasteiger partial charge in [-0.2, -0.15) is 0 Å². The number of hydrogen-bond acceptors (Lipinski definition) is 3. The zero-order valence-electron chi connectivity index (χ0n) is 11.8. The molecular formula is C17H20N2S. The van der Waals surface area contributed by atoms with Crippen LogP contribution >= 0.6 is 12.6 Å². The summed E-state index contributed by atoms with van der Waals surface area (Å²) in [4.78, 5) is 3.46. The van der Waals surface area contributed by atoms with Crippen LogP contribution in [0.3, 0.4) is 0 Å². The molecule has 1 N–H and O–H groups in total. The number of rotatable bonds is 3. The van der Waals surface area contributed by atoms with Crippen molar-refractivity contribution in [3.63, 3.8) is 0 Å². The van der Waals surface area contributed by atoms with Gasteiger partial charge in [-0.3, -0.25) is 0 Å². The summed E-state index contributed by atoms with van der Waals surface area (Å²) in [6, 6.07) is 14.8. The minimum atomic E-state index is 0.985. The van der Waals surface area contributed by atoms with Crippen molar-refractivity contribution in [3.05, 3.63) is 48.0 Å². The van der Waals surface area contributed by atoms with Gasteiger partial charge in [0.05, 0.1) is 11.4 Å². The summed E-state index contributed by atoms with van der Waals surface area (Å²) in [6.45, 7) is 4.47. The lowest BCUT2D eigenvalue weighted by molar-refractivity contribution is 0.949. The normalized spacial score (nSPS) is 14.6. The number of thiol groups is 1. The van der Waals surface area contributed by atoms with E-state index in [4.69, 9.17) is 0 Å². The average Bonchev–Trinajstić information content (AvgIpc) is 2.97. The quantitative estimate of drug-likeness (QED) is 0.799. The van der Waals surface area contributed by atoms with Gasteiger partial charge in [0.25, 0.3) is 0 Å². The molecule has 1 saturated heterocycles. The second-order valence-electron chi connectivity index (χ2n) is 5.39. The number of aryl methyl sites for hydroxylation is 1. The van der Waals surface area contributed by atoms with E-state index in [2.05, 4.69) is 60.1 Å². The zero-order valence-corrected chi connectivity index (χ0v) is 12.7. The molecule has 3 heteroatoms. The predicted octanol–water partition coefficient (Wildman–Crippen LogP) is 4.63. The Labute approximate surface area is 126 Å². The van der Waals surface area contributed by atoms with Crippen molar-refractivity contribution >= 4 is 29.7 Å². The first kappa shape index (κ1) is 13.4. The van der Waals surface area contributed by atoms with Crippen LogP contribution < -0.4 is 10.2 Å². The van der Waals surface area contributed by atoms with E-state index in [0.29, 0.717) is 0 Å². The molecule has 0 aromatic heterocycles. The second kappa shape index (κ2) is 5.80. The zero-order chi connectivity index (χ0) is 13.9. The summed E-state index contributed by atoms with van der Waals surface area (Å²) in [5.41, 5.74) is 4.91. The van der Waals surface area contributed by atoms with Gasteiger partial charge in [-0.15, -0.1) is 12.6 Å². The third kappa shape index (κ3) is 2.93. The highest BCUT2D eigenvalue weighted by Gasteiger charge is 2.16. The number of anilines is 3. The summed E-state index contributed by atoms with van der Waals surface area (Å²) < 4.78 is 0. The lowest BCUT2D eigenvalue weighted by atomic mass is 10.1. The highest BCUT2D eigenvalue weighted by molar-refractivity contribution is 7.80. The van der Waals surface area contributed by atoms with Crippen LogP contribution in [0.5, 0.6) is 0 Å². The molecule has 0 radical (unpaired) electrons. The predicted molar refractivity (Wildman–Crippen MR) is 89.6 cm³/mol. The fourth-order valence-electron chi connectivity index (χ4n) is 2.67. The Bertz CT molecular complexity index is 586. The fraction of sp³-hybridized carbons (Fsp3) is 0.294. The summed E-state index contributed by atoms with van der Waals surface area (Å²) in [6.07, 6.45) is 2.59. The first-order chi connectivity index (χ1) is 9.72. The molecule has 1 fully saturated rings. The van der Waals surface area contributed by atoms with Gasteiger partial charge in [-0.25, -0.2) is 0 Å². The van der Waals surface area contributed by atoms with E-state index in [0.717, 1.165) is 23.7 Å². The molecule has 0 aliphatic carbocycles. The number of hydrogen-bond donors (Lipinski definition) is 2. The largest absolute Gasteiger partial charge is 0.370 e. The summed E-state index contributed by atoms with van der Waals surface area (Å²) in [7, 11) is 0. The molecule has 1 aliphatic heterocycles. The summed E-state index contributed by atoms with van der Waals surface area (Å²) >= 11 is 4.33. The number of nitrogens with one attached hydrogen (secondary N) is 1. The van der Waals surface area contributed by atoms with Crippen LogP contribution in [-0.4, -0.2) is 13.1 Å². The standard InChI is InChI=1S/C17H20N2S/c1-13-4-9-16(17(12-13)19-10-2-3-11-19)18-14-5-7-15(20)8-6-14/h4-9,12,18,20H,2-3,10-11H2,1H3. The number of nitrogens with zero attached hydrogens (tertiary/aromatic N) is 1. The molecule has 0 atom stereocenters. The molecule has 0 unspecified atom stereocenters. The van der Waals surface area contributed by atoms with Gasteiger partial charge in [-0.1, -0.05) is 6.07 Å². The highest BCUT2D eigenvalue weighted by Crippen LogP contribution is 2.32. The summed E-state index contributed by atoms with van der Waals surface area (Å²) in [5, 5.41) is 3.53. The smallest absolute Gasteiger partial charge is 0.0622 e. The molecule has 0 amide bonds. The third-order valence-electron chi connectivity index (χ3n) is 3.75. The maximum Gasteiger partial charge on any atom is 0.0622 e. The van der Waals surface area contributed by atoms with E-state index in [-0.39, 0.29) is 0 Å². The average molecular weight is 284 g/mol. The molecule has 104 valence electrons. The van der Waals surface area contributed by atoms with Gasteiger partial charge in [-0.05, 0) is 61.7 Å². The van der Waals surface area contributed by atoms with Crippen LogP contribution in [-0.2, 0) is 0 Å².